The average molecular weight is 253 g/mol. The molecule has 0 bridgehead atoms. The Balaban J connectivity index is 1.95. The average Bonchev–Trinajstić information content (AvgIpc) is 2.28. The van der Waals surface area contributed by atoms with Crippen molar-refractivity contribution in [3.8, 4) is 0 Å². The number of aliphatic carboxylic acids is 1. The van der Waals surface area contributed by atoms with Crippen molar-refractivity contribution in [3.05, 3.63) is 0 Å². The minimum Gasteiger partial charge on any atom is -0.481 e. The van der Waals surface area contributed by atoms with Crippen molar-refractivity contribution in [2.75, 3.05) is 6.54 Å². The molecule has 0 amide bonds. The Labute approximate surface area is 111 Å². The first-order valence-corrected chi connectivity index (χ1v) is 7.47. The summed E-state index contributed by atoms with van der Waals surface area (Å²) in [6, 6.07) is 0.750. The van der Waals surface area contributed by atoms with Crippen LogP contribution < -0.4 is 0 Å². The second kappa shape index (κ2) is 5.60. The van der Waals surface area contributed by atoms with E-state index in [2.05, 4.69) is 18.7 Å². The van der Waals surface area contributed by atoms with Crippen LogP contribution >= 0.6 is 0 Å². The number of likely N-dealkylation sites (tertiary alicyclic amines) is 1. The fraction of sp³-hybridized carbons (Fsp3) is 0.933. The first-order valence-electron chi connectivity index (χ1n) is 7.47. The number of rotatable bonds is 3. The van der Waals surface area contributed by atoms with Crippen LogP contribution in [0.25, 0.3) is 0 Å². The van der Waals surface area contributed by atoms with Crippen LogP contribution in [0.1, 0.15) is 65.2 Å². The Hall–Kier alpha value is -0.570. The molecule has 1 saturated heterocycles. The standard InChI is InChI=1S/C15H27NO2/c1-15(2)11-12(10-14(17)18)8-9-16(15)13-6-4-3-5-7-13/h12-13H,3-11H2,1-2H3,(H,17,18). The highest BCUT2D eigenvalue weighted by Gasteiger charge is 2.39. The highest BCUT2D eigenvalue weighted by atomic mass is 16.4. The summed E-state index contributed by atoms with van der Waals surface area (Å²) in [5.74, 6) is -0.265. The zero-order valence-electron chi connectivity index (χ0n) is 11.8. The number of piperidine rings is 1. The van der Waals surface area contributed by atoms with E-state index in [-0.39, 0.29) is 5.54 Å². The van der Waals surface area contributed by atoms with Crippen molar-refractivity contribution < 1.29 is 9.90 Å². The van der Waals surface area contributed by atoms with E-state index < -0.39 is 5.97 Å². The molecule has 3 heteroatoms. The Bertz CT molecular complexity index is 295. The Morgan fingerprint density at radius 3 is 2.44 bits per heavy atom. The number of hydrogen-bond donors (Lipinski definition) is 1. The van der Waals surface area contributed by atoms with E-state index in [0.717, 1.165) is 25.4 Å². The van der Waals surface area contributed by atoms with Gasteiger partial charge in [0.1, 0.15) is 0 Å². The van der Waals surface area contributed by atoms with Gasteiger partial charge in [-0.05, 0) is 52.0 Å². The fourth-order valence-corrected chi connectivity index (χ4v) is 4.04. The first kappa shape index (κ1) is 13.9. The lowest BCUT2D eigenvalue weighted by atomic mass is 9.78. The zero-order chi connectivity index (χ0) is 13.2. The molecule has 0 radical (unpaired) electrons. The van der Waals surface area contributed by atoms with Gasteiger partial charge in [0.2, 0.25) is 0 Å². The molecule has 2 rings (SSSR count). The molecule has 0 aromatic heterocycles. The molecule has 2 fully saturated rings. The molecule has 0 aromatic carbocycles. The number of carboxylic acid groups (broad SMARTS) is 1. The van der Waals surface area contributed by atoms with E-state index >= 15 is 0 Å². The van der Waals surface area contributed by atoms with E-state index in [1.807, 2.05) is 0 Å². The largest absolute Gasteiger partial charge is 0.481 e. The van der Waals surface area contributed by atoms with Gasteiger partial charge in [0.25, 0.3) is 0 Å². The summed E-state index contributed by atoms with van der Waals surface area (Å²) in [6.45, 7) is 5.70. The quantitative estimate of drug-likeness (QED) is 0.839. The summed E-state index contributed by atoms with van der Waals surface area (Å²) in [6.07, 6.45) is 9.27. The third-order valence-corrected chi connectivity index (χ3v) is 4.82. The maximum absolute atomic E-state index is 10.8. The number of hydrogen-bond acceptors (Lipinski definition) is 2. The van der Waals surface area contributed by atoms with Crippen molar-refractivity contribution in [2.45, 2.75) is 76.8 Å². The SMILES string of the molecule is CC1(C)CC(CC(=O)O)CCN1C1CCCCC1. The number of carbonyl (C=O) groups is 1. The molecule has 0 aromatic rings. The molecule has 1 unspecified atom stereocenters. The molecule has 1 heterocycles. The van der Waals surface area contributed by atoms with Crippen molar-refractivity contribution in [2.24, 2.45) is 5.92 Å². The molecule has 1 atom stereocenters. The summed E-state index contributed by atoms with van der Waals surface area (Å²) < 4.78 is 0. The van der Waals surface area contributed by atoms with Gasteiger partial charge < -0.3 is 5.11 Å². The second-order valence-electron chi connectivity index (χ2n) is 6.75. The van der Waals surface area contributed by atoms with Gasteiger partial charge in [0, 0.05) is 18.0 Å². The predicted molar refractivity (Wildman–Crippen MR) is 72.6 cm³/mol. The maximum atomic E-state index is 10.8. The smallest absolute Gasteiger partial charge is 0.303 e. The van der Waals surface area contributed by atoms with Crippen molar-refractivity contribution in [1.82, 2.24) is 4.90 Å². The monoisotopic (exact) mass is 253 g/mol. The summed E-state index contributed by atoms with van der Waals surface area (Å²) in [5, 5.41) is 8.94. The van der Waals surface area contributed by atoms with Gasteiger partial charge in [0.15, 0.2) is 0 Å². The van der Waals surface area contributed by atoms with Gasteiger partial charge in [-0.3, -0.25) is 9.69 Å². The van der Waals surface area contributed by atoms with Crippen LogP contribution in [-0.2, 0) is 4.79 Å². The van der Waals surface area contributed by atoms with Crippen LogP contribution in [0.15, 0.2) is 0 Å². The highest BCUT2D eigenvalue weighted by Crippen LogP contribution is 2.37. The van der Waals surface area contributed by atoms with Crippen molar-refractivity contribution in [1.29, 1.82) is 0 Å². The number of nitrogens with zero attached hydrogens (tertiary/aromatic N) is 1. The van der Waals surface area contributed by atoms with E-state index in [1.54, 1.807) is 0 Å². The molecule has 1 aliphatic carbocycles. The molecule has 104 valence electrons. The lowest BCUT2D eigenvalue weighted by Gasteiger charge is -2.50. The third-order valence-electron chi connectivity index (χ3n) is 4.82. The molecule has 0 spiro atoms. The molecule has 1 saturated carbocycles. The summed E-state index contributed by atoms with van der Waals surface area (Å²) >= 11 is 0. The van der Waals surface area contributed by atoms with Crippen LogP contribution in [0.2, 0.25) is 0 Å². The molecule has 3 nitrogen and oxygen atoms in total. The van der Waals surface area contributed by atoms with Crippen LogP contribution in [0.4, 0.5) is 0 Å². The first-order chi connectivity index (χ1) is 8.49. The van der Waals surface area contributed by atoms with Gasteiger partial charge in [-0.2, -0.15) is 0 Å². The zero-order valence-corrected chi connectivity index (χ0v) is 11.8. The molecular formula is C15H27NO2. The van der Waals surface area contributed by atoms with E-state index in [4.69, 9.17) is 5.11 Å². The summed E-state index contributed by atoms with van der Waals surface area (Å²) in [5.41, 5.74) is 0.181. The summed E-state index contributed by atoms with van der Waals surface area (Å²) in [4.78, 5) is 13.5. The highest BCUT2D eigenvalue weighted by molar-refractivity contribution is 5.67. The van der Waals surface area contributed by atoms with Gasteiger partial charge in [-0.1, -0.05) is 19.3 Å². The van der Waals surface area contributed by atoms with Crippen LogP contribution in [0.3, 0.4) is 0 Å². The fourth-order valence-electron chi connectivity index (χ4n) is 4.04. The van der Waals surface area contributed by atoms with Crippen LogP contribution in [0, 0.1) is 5.92 Å². The maximum Gasteiger partial charge on any atom is 0.303 e. The minimum absolute atomic E-state index is 0.181. The van der Waals surface area contributed by atoms with Crippen LogP contribution in [-0.4, -0.2) is 34.1 Å². The number of carboxylic acids is 1. The van der Waals surface area contributed by atoms with E-state index in [1.165, 1.54) is 32.1 Å². The minimum atomic E-state index is -0.637. The van der Waals surface area contributed by atoms with Crippen LogP contribution in [0.5, 0.6) is 0 Å². The summed E-state index contributed by atoms with van der Waals surface area (Å²) in [7, 11) is 0. The van der Waals surface area contributed by atoms with E-state index in [9.17, 15) is 4.79 Å². The molecule has 1 aliphatic heterocycles. The van der Waals surface area contributed by atoms with E-state index in [0.29, 0.717) is 12.3 Å². The molecule has 1 N–H and O–H groups in total. The third kappa shape index (κ3) is 3.25. The van der Waals surface area contributed by atoms with Gasteiger partial charge in [0.05, 0.1) is 0 Å². The second-order valence-corrected chi connectivity index (χ2v) is 6.75. The van der Waals surface area contributed by atoms with Gasteiger partial charge in [-0.15, -0.1) is 0 Å². The molecular weight excluding hydrogens is 226 g/mol. The van der Waals surface area contributed by atoms with Crippen molar-refractivity contribution in [3.63, 3.8) is 0 Å². The lowest BCUT2D eigenvalue weighted by molar-refractivity contribution is -0.139. The molecule has 18 heavy (non-hydrogen) atoms. The van der Waals surface area contributed by atoms with Gasteiger partial charge in [-0.25, -0.2) is 0 Å². The van der Waals surface area contributed by atoms with Crippen molar-refractivity contribution >= 4 is 5.97 Å². The molecule has 2 aliphatic rings. The predicted octanol–water partition coefficient (Wildman–Crippen LogP) is 3.28. The topological polar surface area (TPSA) is 40.5 Å². The lowest BCUT2D eigenvalue weighted by Crippen LogP contribution is -2.55. The van der Waals surface area contributed by atoms with Gasteiger partial charge >= 0.3 is 5.97 Å². The Morgan fingerprint density at radius 2 is 1.89 bits per heavy atom. The normalized spacial score (nSPS) is 30.2. The Morgan fingerprint density at radius 1 is 1.22 bits per heavy atom. The Kier molecular flexibility index (Phi) is 4.31.